The van der Waals surface area contributed by atoms with E-state index >= 15 is 0 Å². The van der Waals surface area contributed by atoms with Crippen molar-refractivity contribution in [2.75, 3.05) is 11.4 Å². The van der Waals surface area contributed by atoms with Crippen LogP contribution in [0, 0.1) is 0 Å². The van der Waals surface area contributed by atoms with E-state index in [4.69, 9.17) is 0 Å². The van der Waals surface area contributed by atoms with Crippen LogP contribution in [0.25, 0.3) is 16.8 Å². The SMILES string of the molecule is CCN(C=Cc1ccccc1)c1cccc2ccccc12. The summed E-state index contributed by atoms with van der Waals surface area (Å²) in [5.74, 6) is 0. The largest absolute Gasteiger partial charge is 0.348 e. The Kier molecular flexibility index (Phi) is 4.02. The van der Waals surface area contributed by atoms with Crippen LogP contribution in [0.5, 0.6) is 0 Å². The Bertz CT molecular complexity index is 739. The van der Waals surface area contributed by atoms with Gasteiger partial charge in [-0.25, -0.2) is 0 Å². The summed E-state index contributed by atoms with van der Waals surface area (Å²) < 4.78 is 0. The van der Waals surface area contributed by atoms with Gasteiger partial charge in [-0.15, -0.1) is 0 Å². The molecule has 3 rings (SSSR count). The molecule has 0 atom stereocenters. The van der Waals surface area contributed by atoms with Crippen molar-refractivity contribution < 1.29 is 0 Å². The van der Waals surface area contributed by atoms with Crippen molar-refractivity contribution in [2.24, 2.45) is 0 Å². The molecule has 0 heterocycles. The minimum Gasteiger partial charge on any atom is -0.348 e. The summed E-state index contributed by atoms with van der Waals surface area (Å²) in [5.41, 5.74) is 2.47. The molecular formula is C20H19N. The van der Waals surface area contributed by atoms with E-state index in [1.54, 1.807) is 0 Å². The molecule has 3 aromatic carbocycles. The lowest BCUT2D eigenvalue weighted by Crippen LogP contribution is -2.14. The summed E-state index contributed by atoms with van der Waals surface area (Å²) >= 11 is 0. The van der Waals surface area contributed by atoms with Gasteiger partial charge in [-0.3, -0.25) is 0 Å². The summed E-state index contributed by atoms with van der Waals surface area (Å²) in [6.45, 7) is 3.12. The second-order valence-corrected chi connectivity index (χ2v) is 5.01. The van der Waals surface area contributed by atoms with Crippen LogP contribution in [0.1, 0.15) is 12.5 Å². The van der Waals surface area contributed by atoms with Gasteiger partial charge in [0.15, 0.2) is 0 Å². The highest BCUT2D eigenvalue weighted by atomic mass is 15.1. The minimum absolute atomic E-state index is 0.942. The second-order valence-electron chi connectivity index (χ2n) is 5.01. The maximum atomic E-state index is 2.29. The maximum absolute atomic E-state index is 2.29. The molecule has 1 heteroatoms. The van der Waals surface area contributed by atoms with Crippen molar-refractivity contribution in [1.29, 1.82) is 0 Å². The van der Waals surface area contributed by atoms with Crippen molar-refractivity contribution in [3.05, 3.63) is 84.6 Å². The highest BCUT2D eigenvalue weighted by Gasteiger charge is 2.05. The van der Waals surface area contributed by atoms with E-state index in [0.29, 0.717) is 0 Å². The molecule has 21 heavy (non-hydrogen) atoms. The number of nitrogens with zero attached hydrogens (tertiary/aromatic N) is 1. The fraction of sp³-hybridized carbons (Fsp3) is 0.100. The van der Waals surface area contributed by atoms with Crippen LogP contribution in [0.4, 0.5) is 5.69 Å². The normalized spacial score (nSPS) is 11.1. The Balaban J connectivity index is 1.97. The van der Waals surface area contributed by atoms with Gasteiger partial charge < -0.3 is 4.90 Å². The molecule has 0 spiro atoms. The summed E-state index contributed by atoms with van der Waals surface area (Å²) in [4.78, 5) is 2.29. The van der Waals surface area contributed by atoms with E-state index < -0.39 is 0 Å². The molecule has 0 aliphatic rings. The third-order valence-corrected chi connectivity index (χ3v) is 3.66. The zero-order valence-corrected chi connectivity index (χ0v) is 12.2. The van der Waals surface area contributed by atoms with Gasteiger partial charge in [-0.1, -0.05) is 66.7 Å². The van der Waals surface area contributed by atoms with E-state index in [2.05, 4.69) is 90.8 Å². The molecule has 0 fully saturated rings. The van der Waals surface area contributed by atoms with Gasteiger partial charge in [0.1, 0.15) is 0 Å². The van der Waals surface area contributed by atoms with Crippen molar-refractivity contribution in [3.8, 4) is 0 Å². The predicted molar refractivity (Wildman–Crippen MR) is 92.4 cm³/mol. The fourth-order valence-corrected chi connectivity index (χ4v) is 2.56. The highest BCUT2D eigenvalue weighted by Crippen LogP contribution is 2.27. The second kappa shape index (κ2) is 6.27. The van der Waals surface area contributed by atoms with Crippen LogP contribution in [-0.2, 0) is 0 Å². The molecule has 0 N–H and O–H groups in total. The Labute approximate surface area is 126 Å². The number of fused-ring (bicyclic) bond motifs is 1. The lowest BCUT2D eigenvalue weighted by molar-refractivity contribution is 1.03. The number of benzene rings is 3. The van der Waals surface area contributed by atoms with Gasteiger partial charge >= 0.3 is 0 Å². The first-order valence-corrected chi connectivity index (χ1v) is 7.36. The smallest absolute Gasteiger partial charge is 0.0485 e. The van der Waals surface area contributed by atoms with Crippen LogP contribution in [-0.4, -0.2) is 6.54 Å². The molecular weight excluding hydrogens is 254 g/mol. The third-order valence-electron chi connectivity index (χ3n) is 3.66. The summed E-state index contributed by atoms with van der Waals surface area (Å²) in [5, 5.41) is 2.57. The maximum Gasteiger partial charge on any atom is 0.0485 e. The number of rotatable bonds is 4. The first-order valence-electron chi connectivity index (χ1n) is 7.36. The highest BCUT2D eigenvalue weighted by molar-refractivity contribution is 5.94. The Morgan fingerprint density at radius 2 is 1.52 bits per heavy atom. The van der Waals surface area contributed by atoms with E-state index in [9.17, 15) is 0 Å². The Hall–Kier alpha value is -2.54. The first-order chi connectivity index (χ1) is 10.4. The lowest BCUT2D eigenvalue weighted by atomic mass is 10.1. The molecule has 0 saturated heterocycles. The van der Waals surface area contributed by atoms with Crippen molar-refractivity contribution in [3.63, 3.8) is 0 Å². The monoisotopic (exact) mass is 273 g/mol. The topological polar surface area (TPSA) is 3.24 Å². The standard InChI is InChI=1S/C20H19N/c1-2-21(16-15-17-9-4-3-5-10-17)20-14-8-12-18-11-6-7-13-19(18)20/h3-16H,2H2,1H3. The molecule has 3 aromatic rings. The Morgan fingerprint density at radius 1 is 0.810 bits per heavy atom. The van der Waals surface area contributed by atoms with Crippen LogP contribution in [0.3, 0.4) is 0 Å². The van der Waals surface area contributed by atoms with Gasteiger partial charge in [-0.2, -0.15) is 0 Å². The van der Waals surface area contributed by atoms with Crippen LogP contribution in [0.2, 0.25) is 0 Å². The molecule has 0 bridgehead atoms. The van der Waals surface area contributed by atoms with E-state index in [0.717, 1.165) is 6.54 Å². The molecule has 0 aromatic heterocycles. The zero-order chi connectivity index (χ0) is 14.5. The van der Waals surface area contributed by atoms with Crippen molar-refractivity contribution in [2.45, 2.75) is 6.92 Å². The van der Waals surface area contributed by atoms with Crippen LogP contribution in [0.15, 0.2) is 79.0 Å². The quantitative estimate of drug-likeness (QED) is 0.620. The molecule has 1 nitrogen and oxygen atoms in total. The first kappa shape index (κ1) is 13.4. The average molecular weight is 273 g/mol. The lowest BCUT2D eigenvalue weighted by Gasteiger charge is -2.20. The van der Waals surface area contributed by atoms with E-state index in [1.807, 2.05) is 6.07 Å². The predicted octanol–water partition coefficient (Wildman–Crippen LogP) is 5.34. The van der Waals surface area contributed by atoms with Gasteiger partial charge in [-0.05, 0) is 30.0 Å². The van der Waals surface area contributed by atoms with Gasteiger partial charge in [0.05, 0.1) is 0 Å². The molecule has 0 unspecified atom stereocenters. The Morgan fingerprint density at radius 3 is 2.33 bits per heavy atom. The number of hydrogen-bond acceptors (Lipinski definition) is 1. The number of hydrogen-bond donors (Lipinski definition) is 0. The van der Waals surface area contributed by atoms with Crippen molar-refractivity contribution >= 4 is 22.5 Å². The molecule has 104 valence electrons. The van der Waals surface area contributed by atoms with Gasteiger partial charge in [0.2, 0.25) is 0 Å². The molecule has 0 aliphatic carbocycles. The fourth-order valence-electron chi connectivity index (χ4n) is 2.56. The van der Waals surface area contributed by atoms with Crippen LogP contribution < -0.4 is 4.90 Å². The summed E-state index contributed by atoms with van der Waals surface area (Å²) in [6.07, 6.45) is 4.32. The van der Waals surface area contributed by atoms with E-state index in [1.165, 1.54) is 22.0 Å². The van der Waals surface area contributed by atoms with Gasteiger partial charge in [0.25, 0.3) is 0 Å². The van der Waals surface area contributed by atoms with Crippen molar-refractivity contribution in [1.82, 2.24) is 0 Å². The summed E-state index contributed by atoms with van der Waals surface area (Å²) in [7, 11) is 0. The molecule has 0 saturated carbocycles. The van der Waals surface area contributed by atoms with Crippen LogP contribution >= 0.6 is 0 Å². The number of anilines is 1. The molecule has 0 radical (unpaired) electrons. The van der Waals surface area contributed by atoms with E-state index in [-0.39, 0.29) is 0 Å². The summed E-state index contributed by atoms with van der Waals surface area (Å²) in [6, 6.07) is 25.4. The van der Waals surface area contributed by atoms with Gasteiger partial charge in [0, 0.05) is 23.8 Å². The average Bonchev–Trinajstić information content (AvgIpc) is 2.56. The third kappa shape index (κ3) is 2.97. The molecule has 0 aliphatic heterocycles. The molecule has 0 amide bonds. The minimum atomic E-state index is 0.942. The zero-order valence-electron chi connectivity index (χ0n) is 12.2.